The molecule has 122 valence electrons. The Balaban J connectivity index is 2.07. The molecular weight excluding hydrogens is 330 g/mol. The molecule has 24 heavy (non-hydrogen) atoms. The van der Waals surface area contributed by atoms with Crippen molar-refractivity contribution in [2.45, 2.75) is 0 Å². The summed E-state index contributed by atoms with van der Waals surface area (Å²) in [7, 11) is 1.56. The lowest BCUT2D eigenvalue weighted by Crippen LogP contribution is -2.01. The molecule has 1 aromatic heterocycles. The molecule has 3 rings (SSSR count). The van der Waals surface area contributed by atoms with Gasteiger partial charge in [-0.05, 0) is 36.4 Å². The fourth-order valence-electron chi connectivity index (χ4n) is 2.29. The Kier molecular flexibility index (Phi) is 4.88. The highest BCUT2D eigenvalue weighted by Crippen LogP contribution is 2.29. The third-order valence-electron chi connectivity index (χ3n) is 3.41. The van der Waals surface area contributed by atoms with Crippen molar-refractivity contribution >= 4 is 27.7 Å². The molecule has 0 aliphatic carbocycles. The van der Waals surface area contributed by atoms with Gasteiger partial charge >= 0.3 is 0 Å². The van der Waals surface area contributed by atoms with Gasteiger partial charge in [-0.1, -0.05) is 28.9 Å². The van der Waals surface area contributed by atoms with E-state index in [1.165, 1.54) is 0 Å². The zero-order valence-electron chi connectivity index (χ0n) is 12.8. The van der Waals surface area contributed by atoms with E-state index in [1.807, 2.05) is 30.3 Å². The van der Waals surface area contributed by atoms with Gasteiger partial charge in [-0.25, -0.2) is 0 Å². The summed E-state index contributed by atoms with van der Waals surface area (Å²) in [4.78, 5) is 0. The number of fused-ring (bicyclic) bond motifs is 1. The van der Waals surface area contributed by atoms with Gasteiger partial charge in [-0.3, -0.25) is 0 Å². The average molecular weight is 344 g/mol. The second-order valence-electron chi connectivity index (χ2n) is 4.94. The number of halogens is 1. The zero-order valence-corrected chi connectivity index (χ0v) is 13.6. The lowest BCUT2D eigenvalue weighted by Gasteiger charge is -2.10. The maximum atomic E-state index is 8.81. The van der Waals surface area contributed by atoms with Crippen molar-refractivity contribution in [3.63, 3.8) is 0 Å². The number of methoxy groups -OCH3 is 1. The first kappa shape index (κ1) is 16.2. The van der Waals surface area contributed by atoms with Crippen LogP contribution in [0.15, 0.2) is 53.7 Å². The van der Waals surface area contributed by atoms with Crippen LogP contribution in [0.25, 0.3) is 22.2 Å². The molecule has 1 heterocycles. The first-order valence-electron chi connectivity index (χ1n) is 7.09. The van der Waals surface area contributed by atoms with Crippen molar-refractivity contribution in [3.8, 4) is 17.0 Å². The first-order valence-corrected chi connectivity index (χ1v) is 7.47. The molecule has 0 amide bonds. The zero-order chi connectivity index (χ0) is 16.9. The SMILES string of the molecule is COCOc1ccccc1-c1cc2cc(/C(Cl)=N/O)ccc2nn1. The average Bonchev–Trinajstić information content (AvgIpc) is 2.65. The molecule has 0 spiro atoms. The summed E-state index contributed by atoms with van der Waals surface area (Å²) in [6.07, 6.45) is 0. The summed E-state index contributed by atoms with van der Waals surface area (Å²) in [5.41, 5.74) is 2.76. The second-order valence-corrected chi connectivity index (χ2v) is 5.30. The molecule has 7 heteroatoms. The van der Waals surface area contributed by atoms with Gasteiger partial charge in [0, 0.05) is 23.6 Å². The second kappa shape index (κ2) is 7.25. The van der Waals surface area contributed by atoms with Crippen LogP contribution in [0.2, 0.25) is 0 Å². The van der Waals surface area contributed by atoms with E-state index in [2.05, 4.69) is 15.4 Å². The Labute approximate surface area is 143 Å². The van der Waals surface area contributed by atoms with Crippen molar-refractivity contribution in [1.82, 2.24) is 10.2 Å². The molecule has 6 nitrogen and oxygen atoms in total. The van der Waals surface area contributed by atoms with Gasteiger partial charge < -0.3 is 14.7 Å². The molecule has 0 aliphatic heterocycles. The molecule has 0 saturated heterocycles. The molecule has 2 aromatic carbocycles. The predicted octanol–water partition coefficient (Wildman–Crippen LogP) is 3.65. The third kappa shape index (κ3) is 3.29. The van der Waals surface area contributed by atoms with Crippen molar-refractivity contribution in [2.24, 2.45) is 5.16 Å². The molecule has 0 aliphatic rings. The molecule has 0 unspecified atom stereocenters. The van der Waals surface area contributed by atoms with Crippen LogP contribution in [0.1, 0.15) is 5.56 Å². The minimum Gasteiger partial charge on any atom is -0.467 e. The standard InChI is InChI=1S/C17H14ClN3O3/c1-23-10-24-16-5-3-2-4-13(16)15-9-12-8-11(17(18)21-22)6-7-14(12)19-20-15/h2-9,22H,10H2,1H3/b21-17-. The van der Waals surface area contributed by atoms with E-state index in [0.29, 0.717) is 22.5 Å². The Bertz CT molecular complexity index is 899. The van der Waals surface area contributed by atoms with E-state index < -0.39 is 0 Å². The number of aromatic nitrogens is 2. The van der Waals surface area contributed by atoms with Gasteiger partial charge in [0.1, 0.15) is 5.75 Å². The Morgan fingerprint density at radius 1 is 1.17 bits per heavy atom. The predicted molar refractivity (Wildman–Crippen MR) is 91.7 cm³/mol. The molecule has 0 bridgehead atoms. The van der Waals surface area contributed by atoms with Gasteiger partial charge in [0.05, 0.1) is 11.2 Å². The Morgan fingerprint density at radius 3 is 2.79 bits per heavy atom. The largest absolute Gasteiger partial charge is 0.467 e. The van der Waals surface area contributed by atoms with Crippen LogP contribution < -0.4 is 4.74 Å². The van der Waals surface area contributed by atoms with E-state index in [4.69, 9.17) is 26.3 Å². The third-order valence-corrected chi connectivity index (χ3v) is 3.70. The smallest absolute Gasteiger partial charge is 0.188 e. The van der Waals surface area contributed by atoms with Crippen molar-refractivity contribution in [3.05, 3.63) is 54.1 Å². The molecule has 0 atom stereocenters. The van der Waals surface area contributed by atoms with Crippen LogP contribution >= 0.6 is 11.6 Å². The minimum atomic E-state index is 0.0130. The summed E-state index contributed by atoms with van der Waals surface area (Å²) in [6, 6.07) is 14.7. The lowest BCUT2D eigenvalue weighted by molar-refractivity contribution is 0.0515. The first-order chi connectivity index (χ1) is 11.7. The molecule has 0 saturated carbocycles. The highest BCUT2D eigenvalue weighted by Gasteiger charge is 2.10. The van der Waals surface area contributed by atoms with Crippen molar-refractivity contribution in [1.29, 1.82) is 0 Å². The number of hydrogen-bond donors (Lipinski definition) is 1. The Hall–Kier alpha value is -2.70. The number of benzene rings is 2. The van der Waals surface area contributed by atoms with Crippen LogP contribution in [0.5, 0.6) is 5.75 Å². The van der Waals surface area contributed by atoms with Crippen LogP contribution in [0.4, 0.5) is 0 Å². The highest BCUT2D eigenvalue weighted by atomic mass is 35.5. The maximum Gasteiger partial charge on any atom is 0.188 e. The summed E-state index contributed by atoms with van der Waals surface area (Å²) >= 11 is 5.86. The quantitative estimate of drug-likeness (QED) is 0.331. The number of nitrogens with zero attached hydrogens (tertiary/aromatic N) is 3. The highest BCUT2D eigenvalue weighted by molar-refractivity contribution is 6.69. The van der Waals surface area contributed by atoms with Crippen molar-refractivity contribution in [2.75, 3.05) is 13.9 Å². The Morgan fingerprint density at radius 2 is 2.00 bits per heavy atom. The summed E-state index contributed by atoms with van der Waals surface area (Å²) in [5, 5.41) is 21.1. The van der Waals surface area contributed by atoms with Gasteiger partial charge in [-0.2, -0.15) is 0 Å². The van der Waals surface area contributed by atoms with Gasteiger partial charge in [-0.15, -0.1) is 10.2 Å². The van der Waals surface area contributed by atoms with Crippen LogP contribution in [0.3, 0.4) is 0 Å². The fraction of sp³-hybridized carbons (Fsp3) is 0.118. The number of hydrogen-bond acceptors (Lipinski definition) is 6. The van der Waals surface area contributed by atoms with Gasteiger partial charge in [0.2, 0.25) is 0 Å². The number of para-hydroxylation sites is 1. The summed E-state index contributed by atoms with van der Waals surface area (Å²) < 4.78 is 10.5. The van der Waals surface area contributed by atoms with E-state index in [9.17, 15) is 0 Å². The van der Waals surface area contributed by atoms with Gasteiger partial charge in [0.25, 0.3) is 0 Å². The molecule has 0 radical (unpaired) electrons. The van der Waals surface area contributed by atoms with Gasteiger partial charge in [0.15, 0.2) is 12.0 Å². The number of ether oxygens (including phenoxy) is 2. The van der Waals surface area contributed by atoms with E-state index in [-0.39, 0.29) is 12.0 Å². The van der Waals surface area contributed by atoms with Crippen molar-refractivity contribution < 1.29 is 14.7 Å². The van der Waals surface area contributed by atoms with Crippen LogP contribution in [0, 0.1) is 0 Å². The summed E-state index contributed by atoms with van der Waals surface area (Å²) in [5.74, 6) is 0.652. The topological polar surface area (TPSA) is 76.8 Å². The lowest BCUT2D eigenvalue weighted by atomic mass is 10.1. The van der Waals surface area contributed by atoms with E-state index >= 15 is 0 Å². The van der Waals surface area contributed by atoms with Crippen LogP contribution in [-0.4, -0.2) is 34.5 Å². The fourth-order valence-corrected chi connectivity index (χ4v) is 2.41. The molecule has 0 fully saturated rings. The van der Waals surface area contributed by atoms with Crippen LogP contribution in [-0.2, 0) is 4.74 Å². The van der Waals surface area contributed by atoms with E-state index in [0.717, 1.165) is 10.9 Å². The number of oxime groups is 1. The maximum absolute atomic E-state index is 8.81. The molecule has 1 N–H and O–H groups in total. The molecular formula is C17H14ClN3O3. The van der Waals surface area contributed by atoms with E-state index in [1.54, 1.807) is 25.3 Å². The summed E-state index contributed by atoms with van der Waals surface area (Å²) in [6.45, 7) is 0.144. The molecule has 3 aromatic rings. The minimum absolute atomic E-state index is 0.0130. The number of rotatable bonds is 5. The normalized spacial score (nSPS) is 11.7. The monoisotopic (exact) mass is 343 g/mol.